The van der Waals surface area contributed by atoms with Crippen molar-refractivity contribution in [2.75, 3.05) is 19.0 Å². The van der Waals surface area contributed by atoms with Crippen LogP contribution in [0.2, 0.25) is 5.02 Å². The third kappa shape index (κ3) is 4.67. The highest BCUT2D eigenvalue weighted by Gasteiger charge is 2.37. The lowest BCUT2D eigenvalue weighted by Crippen LogP contribution is -2.08. The van der Waals surface area contributed by atoms with Gasteiger partial charge in [-0.2, -0.15) is 13.2 Å². The largest absolute Gasteiger partial charge is 0.434 e. The molecule has 2 aromatic carbocycles. The summed E-state index contributed by atoms with van der Waals surface area (Å²) < 4.78 is 40.1. The minimum Gasteiger partial charge on any atom is -0.378 e. The summed E-state index contributed by atoms with van der Waals surface area (Å²) in [5.41, 5.74) is 1.26. The maximum atomic E-state index is 13.4. The van der Waals surface area contributed by atoms with Crippen molar-refractivity contribution in [1.29, 1.82) is 0 Å². The zero-order valence-electron chi connectivity index (χ0n) is 14.5. The molecule has 27 heavy (non-hydrogen) atoms. The van der Waals surface area contributed by atoms with E-state index in [4.69, 9.17) is 11.6 Å². The molecule has 140 valence electrons. The van der Waals surface area contributed by atoms with E-state index in [2.05, 4.69) is 9.98 Å². The van der Waals surface area contributed by atoms with Gasteiger partial charge in [-0.25, -0.2) is 9.98 Å². The third-order valence-electron chi connectivity index (χ3n) is 3.72. The molecule has 0 aliphatic carbocycles. The summed E-state index contributed by atoms with van der Waals surface area (Å²) in [6, 6.07) is 13.7. The van der Waals surface area contributed by atoms with Gasteiger partial charge >= 0.3 is 6.18 Å². The summed E-state index contributed by atoms with van der Waals surface area (Å²) in [7, 11) is 3.85. The van der Waals surface area contributed by atoms with Gasteiger partial charge in [-0.3, -0.25) is 0 Å². The van der Waals surface area contributed by atoms with Crippen molar-refractivity contribution in [2.24, 2.45) is 4.99 Å². The summed E-state index contributed by atoms with van der Waals surface area (Å²) in [6.45, 7) is 0. The molecule has 0 radical (unpaired) electrons. The number of alkyl halides is 3. The van der Waals surface area contributed by atoms with Crippen LogP contribution in [0.15, 0.2) is 53.5 Å². The molecule has 0 aliphatic heterocycles. The highest BCUT2D eigenvalue weighted by atomic mass is 35.5. The maximum Gasteiger partial charge on any atom is 0.434 e. The Hall–Kier alpha value is -2.38. The number of anilines is 1. The fraction of sp³-hybridized carbons (Fsp3) is 0.158. The van der Waals surface area contributed by atoms with E-state index in [9.17, 15) is 13.2 Å². The van der Waals surface area contributed by atoms with E-state index in [0.29, 0.717) is 10.6 Å². The highest BCUT2D eigenvalue weighted by molar-refractivity contribution is 7.18. The first kappa shape index (κ1) is 19.4. The second kappa shape index (κ2) is 7.70. The molecule has 3 rings (SSSR count). The minimum atomic E-state index is -4.56. The second-order valence-electron chi connectivity index (χ2n) is 5.92. The minimum absolute atomic E-state index is 0.0225. The van der Waals surface area contributed by atoms with Gasteiger partial charge in [0.2, 0.25) is 5.13 Å². The predicted molar refractivity (Wildman–Crippen MR) is 106 cm³/mol. The van der Waals surface area contributed by atoms with Crippen LogP contribution in [0, 0.1) is 0 Å². The fourth-order valence-electron chi connectivity index (χ4n) is 2.34. The van der Waals surface area contributed by atoms with E-state index < -0.39 is 11.9 Å². The van der Waals surface area contributed by atoms with E-state index in [-0.39, 0.29) is 10.0 Å². The van der Waals surface area contributed by atoms with Crippen molar-refractivity contribution in [3.63, 3.8) is 0 Å². The Bertz CT molecular complexity index is 946. The van der Waals surface area contributed by atoms with Gasteiger partial charge in [0, 0.05) is 31.0 Å². The van der Waals surface area contributed by atoms with E-state index in [1.807, 2.05) is 43.3 Å². The Morgan fingerprint density at radius 2 is 1.67 bits per heavy atom. The number of hydrogen-bond acceptors (Lipinski definition) is 4. The number of benzene rings is 2. The first-order valence-electron chi connectivity index (χ1n) is 7.89. The second-order valence-corrected chi connectivity index (χ2v) is 7.34. The van der Waals surface area contributed by atoms with Crippen LogP contribution in [-0.2, 0) is 6.18 Å². The lowest BCUT2D eigenvalue weighted by atomic mass is 10.1. The van der Waals surface area contributed by atoms with Crippen LogP contribution in [0.3, 0.4) is 0 Å². The van der Waals surface area contributed by atoms with Gasteiger partial charge in [0.15, 0.2) is 5.69 Å². The number of aromatic nitrogens is 1. The fourth-order valence-corrected chi connectivity index (χ4v) is 3.40. The average molecular weight is 410 g/mol. The van der Waals surface area contributed by atoms with Crippen LogP contribution in [0.4, 0.5) is 24.0 Å². The van der Waals surface area contributed by atoms with Gasteiger partial charge in [-0.05, 0) is 35.4 Å². The molecule has 1 aromatic heterocycles. The predicted octanol–water partition coefficient (Wildman–Crippen LogP) is 6.30. The topological polar surface area (TPSA) is 28.5 Å². The smallest absolute Gasteiger partial charge is 0.378 e. The van der Waals surface area contributed by atoms with Crippen LogP contribution in [-0.4, -0.2) is 25.3 Å². The lowest BCUT2D eigenvalue weighted by molar-refractivity contribution is -0.140. The molecular weight excluding hydrogens is 395 g/mol. The van der Waals surface area contributed by atoms with Crippen LogP contribution >= 0.6 is 22.9 Å². The number of hydrogen-bond donors (Lipinski definition) is 0. The number of aliphatic imine (C=N–C) groups is 1. The molecular formula is C19H15ClF3N3S. The van der Waals surface area contributed by atoms with Crippen LogP contribution in [0.5, 0.6) is 0 Å². The summed E-state index contributed by atoms with van der Waals surface area (Å²) in [5, 5.41) is 0.500. The Kier molecular flexibility index (Phi) is 5.53. The number of rotatable bonds is 4. The molecule has 0 N–H and O–H groups in total. The molecule has 0 fully saturated rings. The zero-order chi connectivity index (χ0) is 19.6. The Morgan fingerprint density at radius 3 is 2.22 bits per heavy atom. The van der Waals surface area contributed by atoms with Gasteiger partial charge in [-0.15, -0.1) is 0 Å². The Morgan fingerprint density at radius 1 is 1.04 bits per heavy atom. The molecule has 0 bridgehead atoms. The molecule has 0 amide bonds. The maximum absolute atomic E-state index is 13.4. The first-order chi connectivity index (χ1) is 12.7. The van der Waals surface area contributed by atoms with Gasteiger partial charge in [0.25, 0.3) is 0 Å². The summed E-state index contributed by atoms with van der Waals surface area (Å²) in [5.74, 6) is 0. The Balaban J connectivity index is 1.93. The van der Waals surface area contributed by atoms with Crippen molar-refractivity contribution >= 4 is 40.0 Å². The molecule has 0 saturated heterocycles. The Labute approximate surface area is 163 Å². The third-order valence-corrected chi connectivity index (χ3v) is 4.99. The highest BCUT2D eigenvalue weighted by Crippen LogP contribution is 2.42. The summed E-state index contributed by atoms with van der Waals surface area (Å²) in [4.78, 5) is 9.80. The van der Waals surface area contributed by atoms with Crippen LogP contribution in [0.1, 0.15) is 11.3 Å². The lowest BCUT2D eigenvalue weighted by Gasteiger charge is -2.11. The SMILES string of the molecule is CN(C)c1ccc(/C=N/c2nc(C(F)(F)F)c(-c3ccc(Cl)cc3)s2)cc1. The average Bonchev–Trinajstić information content (AvgIpc) is 3.06. The number of nitrogens with zero attached hydrogens (tertiary/aromatic N) is 3. The van der Waals surface area contributed by atoms with Crippen LogP contribution in [0.25, 0.3) is 10.4 Å². The van der Waals surface area contributed by atoms with Gasteiger partial charge in [0.05, 0.1) is 4.88 Å². The van der Waals surface area contributed by atoms with Gasteiger partial charge < -0.3 is 4.90 Å². The van der Waals surface area contributed by atoms with Crippen molar-refractivity contribution in [2.45, 2.75) is 6.18 Å². The quantitative estimate of drug-likeness (QED) is 0.473. The van der Waals surface area contributed by atoms with Gasteiger partial charge in [0.1, 0.15) is 0 Å². The van der Waals surface area contributed by atoms with Crippen LogP contribution < -0.4 is 4.90 Å². The van der Waals surface area contributed by atoms with Crippen molar-refractivity contribution < 1.29 is 13.2 Å². The number of halogens is 4. The summed E-state index contributed by atoms with van der Waals surface area (Å²) >= 11 is 6.71. The standard InChI is InChI=1S/C19H15ClF3N3S/c1-26(2)15-9-3-12(4-10-15)11-24-18-25-17(19(21,22)23)16(27-18)13-5-7-14(20)8-6-13/h3-11H,1-2H3/b24-11+. The molecule has 0 spiro atoms. The number of thiazole rings is 1. The monoisotopic (exact) mass is 409 g/mol. The molecule has 0 aliphatic rings. The van der Waals surface area contributed by atoms with E-state index in [0.717, 1.165) is 22.6 Å². The van der Waals surface area contributed by atoms with E-state index in [1.165, 1.54) is 6.21 Å². The molecule has 3 nitrogen and oxygen atoms in total. The molecule has 0 saturated carbocycles. The van der Waals surface area contributed by atoms with Crippen molar-refractivity contribution in [3.05, 3.63) is 64.8 Å². The van der Waals surface area contributed by atoms with E-state index >= 15 is 0 Å². The molecule has 8 heteroatoms. The molecule has 0 unspecified atom stereocenters. The molecule has 1 heterocycles. The zero-order valence-corrected chi connectivity index (χ0v) is 16.0. The normalized spacial score (nSPS) is 11.9. The first-order valence-corrected chi connectivity index (χ1v) is 9.09. The summed E-state index contributed by atoms with van der Waals surface area (Å²) in [6.07, 6.45) is -3.06. The van der Waals surface area contributed by atoms with Crippen molar-refractivity contribution in [3.8, 4) is 10.4 Å². The van der Waals surface area contributed by atoms with Crippen molar-refractivity contribution in [1.82, 2.24) is 4.98 Å². The molecule has 0 atom stereocenters. The molecule has 3 aromatic rings. The van der Waals surface area contributed by atoms with E-state index in [1.54, 1.807) is 24.3 Å². The van der Waals surface area contributed by atoms with Gasteiger partial charge in [-0.1, -0.05) is 47.2 Å².